The number of hydrogen-bond donors (Lipinski definition) is 2. The zero-order valence-corrected chi connectivity index (χ0v) is 30.8. The predicted molar refractivity (Wildman–Crippen MR) is 178 cm³/mol. The minimum atomic E-state index is -2.33. The first kappa shape index (κ1) is 37.2. The summed E-state index contributed by atoms with van der Waals surface area (Å²) in [6, 6.07) is 2.32. The van der Waals surface area contributed by atoms with E-state index < -0.39 is 40.8 Å². The van der Waals surface area contributed by atoms with Crippen molar-refractivity contribution in [1.82, 2.24) is 24.2 Å². The molecule has 1 aliphatic rings. The number of H-pyrrole nitrogens is 1. The van der Waals surface area contributed by atoms with Crippen molar-refractivity contribution < 1.29 is 23.0 Å². The van der Waals surface area contributed by atoms with E-state index in [1.807, 2.05) is 6.92 Å². The SMILES string of the molecule is CC[C@H]1O[C@@H](n2cnc3c(=O)[nH]c(NC(=O)C(C)C)nc32)C(OP(OCCC#N)N(C(C)C)C(C)C)[C@H]1O[Si](C)(C)C(C)(C)C. The average Bonchev–Trinajstić information content (AvgIpc) is 3.48. The molecule has 0 bridgehead atoms. The molecular formula is C30H52N7O6PSi. The third-order valence-corrected chi connectivity index (χ3v) is 14.9. The van der Waals surface area contributed by atoms with Crippen LogP contribution in [0.25, 0.3) is 11.2 Å². The molecule has 13 nitrogen and oxygen atoms in total. The van der Waals surface area contributed by atoms with Crippen LogP contribution in [0.5, 0.6) is 0 Å². The molecule has 252 valence electrons. The van der Waals surface area contributed by atoms with Crippen molar-refractivity contribution in [3.8, 4) is 6.07 Å². The van der Waals surface area contributed by atoms with Crippen molar-refractivity contribution in [2.24, 2.45) is 5.92 Å². The molecule has 45 heavy (non-hydrogen) atoms. The standard InChI is InChI=1S/C30H52N7O6PSi/c1-13-21-23(43-45(11,12)30(8,9)10)24(42-44(40-16-14-15-31)37(19(4)5)20(6)7)28(41-21)36-17-32-22-25(36)33-29(35-27(22)39)34-26(38)18(2)3/h17-21,23-24,28H,13-14,16H2,1-12H3,(H2,33,34,35,38,39)/t21-,23+,24?,28-,44?/m1/s1. The maximum atomic E-state index is 13.0. The van der Waals surface area contributed by atoms with Crippen LogP contribution in [0.3, 0.4) is 0 Å². The molecule has 0 saturated carbocycles. The Morgan fingerprint density at radius 2 is 1.87 bits per heavy atom. The largest absolute Gasteiger partial charge is 0.408 e. The van der Waals surface area contributed by atoms with E-state index in [0.29, 0.717) is 6.42 Å². The van der Waals surface area contributed by atoms with Crippen LogP contribution in [0.15, 0.2) is 11.1 Å². The number of nitrogens with zero attached hydrogens (tertiary/aromatic N) is 5. The maximum Gasteiger partial charge on any atom is 0.280 e. The van der Waals surface area contributed by atoms with Crippen LogP contribution < -0.4 is 10.9 Å². The summed E-state index contributed by atoms with van der Waals surface area (Å²) < 4.78 is 30.9. The quantitative estimate of drug-likeness (QED) is 0.138. The summed E-state index contributed by atoms with van der Waals surface area (Å²) in [6.07, 6.45) is 0.139. The summed E-state index contributed by atoms with van der Waals surface area (Å²) in [7, 11) is -4.00. The van der Waals surface area contributed by atoms with E-state index in [-0.39, 0.29) is 65.2 Å². The van der Waals surface area contributed by atoms with E-state index in [1.54, 1.807) is 18.4 Å². The summed E-state index contributed by atoms with van der Waals surface area (Å²) >= 11 is 0. The van der Waals surface area contributed by atoms with Gasteiger partial charge in [-0.25, -0.2) is 9.65 Å². The Kier molecular flexibility index (Phi) is 12.5. The lowest BCUT2D eigenvalue weighted by atomic mass is 10.1. The van der Waals surface area contributed by atoms with E-state index in [0.717, 1.165) is 0 Å². The lowest BCUT2D eigenvalue weighted by molar-refractivity contribution is -0.118. The first-order valence-electron chi connectivity index (χ1n) is 15.8. The molecule has 0 radical (unpaired) electrons. The van der Waals surface area contributed by atoms with Crippen LogP contribution in [0.4, 0.5) is 5.95 Å². The van der Waals surface area contributed by atoms with Crippen LogP contribution in [0.1, 0.15) is 88.3 Å². The van der Waals surface area contributed by atoms with Gasteiger partial charge >= 0.3 is 0 Å². The fraction of sp³-hybridized carbons (Fsp3) is 0.767. The van der Waals surface area contributed by atoms with Gasteiger partial charge in [0.2, 0.25) is 11.9 Å². The van der Waals surface area contributed by atoms with Gasteiger partial charge in [-0.05, 0) is 52.2 Å². The van der Waals surface area contributed by atoms with Crippen molar-refractivity contribution in [3.05, 3.63) is 16.7 Å². The van der Waals surface area contributed by atoms with Gasteiger partial charge < -0.3 is 18.2 Å². The number of aromatic amines is 1. The average molecular weight is 666 g/mol. The second-order valence-corrected chi connectivity index (χ2v) is 20.0. The molecule has 3 heterocycles. The molecule has 2 aromatic heterocycles. The highest BCUT2D eigenvalue weighted by Crippen LogP contribution is 2.52. The van der Waals surface area contributed by atoms with Crippen LogP contribution in [-0.4, -0.2) is 75.4 Å². The Hall–Kier alpha value is -2.24. The Balaban J connectivity index is 2.18. The highest BCUT2D eigenvalue weighted by atomic mass is 31.2. The number of hydrogen-bond acceptors (Lipinski definition) is 10. The number of fused-ring (bicyclic) bond motifs is 1. The minimum absolute atomic E-state index is 0.0254. The van der Waals surface area contributed by atoms with Crippen molar-refractivity contribution in [2.45, 2.75) is 137 Å². The maximum absolute atomic E-state index is 13.0. The van der Waals surface area contributed by atoms with Gasteiger partial charge in [-0.2, -0.15) is 10.2 Å². The Bertz CT molecular complexity index is 1390. The number of ether oxygens (including phenoxy) is 1. The molecule has 0 spiro atoms. The third-order valence-electron chi connectivity index (χ3n) is 8.27. The monoisotopic (exact) mass is 665 g/mol. The molecule has 0 aromatic carbocycles. The topological polar surface area (TPSA) is 157 Å². The number of nitrogens with one attached hydrogen (secondary N) is 2. The molecule has 5 atom stereocenters. The predicted octanol–water partition coefficient (Wildman–Crippen LogP) is 6.07. The molecule has 1 aliphatic heterocycles. The van der Waals surface area contributed by atoms with Gasteiger partial charge in [-0.1, -0.05) is 41.5 Å². The smallest absolute Gasteiger partial charge is 0.280 e. The van der Waals surface area contributed by atoms with E-state index in [4.69, 9.17) is 18.2 Å². The molecule has 2 unspecified atom stereocenters. The fourth-order valence-electron chi connectivity index (χ4n) is 4.86. The van der Waals surface area contributed by atoms with Gasteiger partial charge in [0.05, 0.1) is 31.5 Å². The molecular weight excluding hydrogens is 613 g/mol. The van der Waals surface area contributed by atoms with Crippen molar-refractivity contribution in [3.63, 3.8) is 0 Å². The lowest BCUT2D eigenvalue weighted by Crippen LogP contribution is -2.49. The molecule has 1 fully saturated rings. The van der Waals surface area contributed by atoms with Gasteiger partial charge in [-0.3, -0.25) is 24.5 Å². The zero-order valence-electron chi connectivity index (χ0n) is 28.9. The van der Waals surface area contributed by atoms with E-state index in [9.17, 15) is 14.9 Å². The second-order valence-electron chi connectivity index (χ2n) is 13.8. The van der Waals surface area contributed by atoms with Crippen molar-refractivity contribution in [1.29, 1.82) is 5.26 Å². The van der Waals surface area contributed by atoms with Crippen LogP contribution >= 0.6 is 8.53 Å². The van der Waals surface area contributed by atoms with E-state index >= 15 is 0 Å². The normalized spacial score (nSPS) is 21.8. The van der Waals surface area contributed by atoms with Gasteiger partial charge in [0.25, 0.3) is 14.1 Å². The minimum Gasteiger partial charge on any atom is -0.408 e. The summed E-state index contributed by atoms with van der Waals surface area (Å²) in [5.41, 5.74) is -0.124. The number of rotatable bonds is 14. The molecule has 3 rings (SSSR count). The summed E-state index contributed by atoms with van der Waals surface area (Å²) in [6.45, 7) is 25.1. The van der Waals surface area contributed by atoms with Gasteiger partial charge in [0.15, 0.2) is 25.7 Å². The van der Waals surface area contributed by atoms with E-state index in [1.165, 1.54) is 6.33 Å². The highest BCUT2D eigenvalue weighted by molar-refractivity contribution is 7.44. The first-order valence-corrected chi connectivity index (χ1v) is 19.8. The summed E-state index contributed by atoms with van der Waals surface area (Å²) in [5, 5.41) is 11.8. The molecule has 2 aromatic rings. The Morgan fingerprint density at radius 1 is 1.22 bits per heavy atom. The van der Waals surface area contributed by atoms with Gasteiger partial charge in [0, 0.05) is 18.0 Å². The fourth-order valence-corrected chi connectivity index (χ4v) is 7.92. The Morgan fingerprint density at radius 3 is 2.40 bits per heavy atom. The number of aromatic nitrogens is 4. The molecule has 0 aliphatic carbocycles. The number of carbonyl (C=O) groups excluding carboxylic acids is 1. The van der Waals surface area contributed by atoms with Crippen molar-refractivity contribution >= 4 is 39.9 Å². The number of nitriles is 1. The Labute approximate surface area is 269 Å². The van der Waals surface area contributed by atoms with Crippen LogP contribution in [-0.2, 0) is 23.0 Å². The zero-order chi connectivity index (χ0) is 33.9. The third kappa shape index (κ3) is 8.57. The van der Waals surface area contributed by atoms with Gasteiger partial charge in [0.1, 0.15) is 12.2 Å². The first-order chi connectivity index (χ1) is 20.9. The highest BCUT2D eigenvalue weighted by Gasteiger charge is 2.53. The van der Waals surface area contributed by atoms with Gasteiger partial charge in [-0.15, -0.1) is 0 Å². The number of amides is 1. The molecule has 1 amide bonds. The van der Waals surface area contributed by atoms with E-state index in [2.05, 4.69) is 92.6 Å². The number of carbonyl (C=O) groups is 1. The molecule has 15 heteroatoms. The van der Waals surface area contributed by atoms with Crippen LogP contribution in [0.2, 0.25) is 18.1 Å². The lowest BCUT2D eigenvalue weighted by Gasteiger charge is -2.42. The number of anilines is 1. The van der Waals surface area contributed by atoms with Crippen LogP contribution in [0, 0.1) is 17.2 Å². The molecule has 2 N–H and O–H groups in total. The number of imidazole rings is 1. The van der Waals surface area contributed by atoms with Crippen molar-refractivity contribution in [2.75, 3.05) is 11.9 Å². The second kappa shape index (κ2) is 15.1. The molecule has 1 saturated heterocycles. The summed E-state index contributed by atoms with van der Waals surface area (Å²) in [5.74, 6) is -0.564. The summed E-state index contributed by atoms with van der Waals surface area (Å²) in [4.78, 5) is 37.1.